The molecular weight excluding hydrogens is 402 g/mol. The van der Waals surface area contributed by atoms with Crippen LogP contribution in [0, 0.1) is 11.3 Å². The lowest BCUT2D eigenvalue weighted by molar-refractivity contribution is -0.117. The van der Waals surface area contributed by atoms with Crippen LogP contribution in [0.1, 0.15) is 18.1 Å². The standard InChI is InChI=1S/C26H25N3O3/c1-2-29(18-26(30)28-22-11-12-24-25(15-22)32-14-13-31-24)17-19-7-9-20(10-8-19)23-6-4-3-5-21(23)16-27/h3-12,15H,2,13-14,17-18H2,1H3,(H,28,30). The fraction of sp³-hybridized carbons (Fsp3) is 0.231. The van der Waals surface area contributed by atoms with E-state index in [0.29, 0.717) is 42.5 Å². The van der Waals surface area contributed by atoms with Crippen molar-refractivity contribution in [3.8, 4) is 28.7 Å². The van der Waals surface area contributed by atoms with E-state index in [2.05, 4.69) is 16.3 Å². The van der Waals surface area contributed by atoms with E-state index >= 15 is 0 Å². The average molecular weight is 428 g/mol. The number of amides is 1. The van der Waals surface area contributed by atoms with Crippen LogP contribution in [0.5, 0.6) is 11.5 Å². The molecule has 162 valence electrons. The van der Waals surface area contributed by atoms with Gasteiger partial charge in [-0.1, -0.05) is 49.4 Å². The lowest BCUT2D eigenvalue weighted by Gasteiger charge is -2.21. The lowest BCUT2D eigenvalue weighted by atomic mass is 9.99. The van der Waals surface area contributed by atoms with Gasteiger partial charge in [0.1, 0.15) is 13.2 Å². The Labute approximate surface area is 188 Å². The normalized spacial score (nSPS) is 12.3. The van der Waals surface area contributed by atoms with Gasteiger partial charge in [0, 0.05) is 18.3 Å². The van der Waals surface area contributed by atoms with Gasteiger partial charge in [-0.2, -0.15) is 5.26 Å². The van der Waals surface area contributed by atoms with Crippen molar-refractivity contribution in [1.29, 1.82) is 5.26 Å². The van der Waals surface area contributed by atoms with E-state index < -0.39 is 0 Å². The molecule has 4 rings (SSSR count). The summed E-state index contributed by atoms with van der Waals surface area (Å²) in [6.45, 7) is 4.77. The summed E-state index contributed by atoms with van der Waals surface area (Å²) < 4.78 is 11.1. The van der Waals surface area contributed by atoms with Gasteiger partial charge in [0.15, 0.2) is 11.5 Å². The van der Waals surface area contributed by atoms with Crippen molar-refractivity contribution in [1.82, 2.24) is 4.90 Å². The highest BCUT2D eigenvalue weighted by molar-refractivity contribution is 5.92. The molecule has 0 aliphatic carbocycles. The Morgan fingerprint density at radius 1 is 1.03 bits per heavy atom. The van der Waals surface area contributed by atoms with Gasteiger partial charge in [-0.3, -0.25) is 9.69 Å². The number of anilines is 1. The van der Waals surface area contributed by atoms with E-state index in [9.17, 15) is 10.1 Å². The minimum atomic E-state index is -0.0805. The first kappa shape index (κ1) is 21.4. The van der Waals surface area contributed by atoms with Gasteiger partial charge in [0.25, 0.3) is 0 Å². The van der Waals surface area contributed by atoms with E-state index in [0.717, 1.165) is 23.2 Å². The second-order valence-electron chi connectivity index (χ2n) is 7.56. The van der Waals surface area contributed by atoms with E-state index in [4.69, 9.17) is 9.47 Å². The Kier molecular flexibility index (Phi) is 6.69. The van der Waals surface area contributed by atoms with Gasteiger partial charge >= 0.3 is 0 Å². The van der Waals surface area contributed by atoms with Gasteiger partial charge < -0.3 is 14.8 Å². The number of likely N-dealkylation sites (N-methyl/N-ethyl adjacent to an activating group) is 1. The molecule has 0 radical (unpaired) electrons. The number of hydrogen-bond acceptors (Lipinski definition) is 5. The van der Waals surface area contributed by atoms with E-state index in [1.165, 1.54) is 0 Å². The van der Waals surface area contributed by atoms with Crippen molar-refractivity contribution >= 4 is 11.6 Å². The molecule has 0 aromatic heterocycles. The Hall–Kier alpha value is -3.82. The fourth-order valence-electron chi connectivity index (χ4n) is 3.68. The van der Waals surface area contributed by atoms with Crippen molar-refractivity contribution in [3.63, 3.8) is 0 Å². The Balaban J connectivity index is 1.37. The minimum Gasteiger partial charge on any atom is -0.486 e. The molecule has 0 saturated carbocycles. The summed E-state index contributed by atoms with van der Waals surface area (Å²) >= 11 is 0. The third kappa shape index (κ3) is 5.08. The molecule has 1 aliphatic rings. The van der Waals surface area contributed by atoms with E-state index in [-0.39, 0.29) is 12.5 Å². The highest BCUT2D eigenvalue weighted by Crippen LogP contribution is 2.32. The molecule has 1 aliphatic heterocycles. The van der Waals surface area contributed by atoms with Crippen molar-refractivity contribution in [2.75, 3.05) is 31.6 Å². The van der Waals surface area contributed by atoms with Crippen molar-refractivity contribution in [2.45, 2.75) is 13.5 Å². The number of carbonyl (C=O) groups is 1. The zero-order valence-electron chi connectivity index (χ0n) is 18.0. The van der Waals surface area contributed by atoms with E-state index in [1.54, 1.807) is 6.07 Å². The first-order valence-electron chi connectivity index (χ1n) is 10.7. The monoisotopic (exact) mass is 427 g/mol. The molecule has 0 atom stereocenters. The quantitative estimate of drug-likeness (QED) is 0.603. The van der Waals surface area contributed by atoms with E-state index in [1.807, 2.05) is 67.6 Å². The van der Waals surface area contributed by atoms with Gasteiger partial charge in [0.2, 0.25) is 5.91 Å². The Bertz CT molecular complexity index is 1140. The average Bonchev–Trinajstić information content (AvgIpc) is 2.84. The van der Waals surface area contributed by atoms with Crippen LogP contribution in [0.4, 0.5) is 5.69 Å². The maximum absolute atomic E-state index is 12.6. The summed E-state index contributed by atoms with van der Waals surface area (Å²) in [7, 11) is 0. The number of rotatable bonds is 7. The van der Waals surface area contributed by atoms with Gasteiger partial charge in [-0.25, -0.2) is 0 Å². The maximum atomic E-state index is 12.6. The van der Waals surface area contributed by atoms with Gasteiger partial charge in [-0.15, -0.1) is 0 Å². The molecule has 1 amide bonds. The predicted molar refractivity (Wildman–Crippen MR) is 124 cm³/mol. The molecule has 3 aromatic carbocycles. The largest absolute Gasteiger partial charge is 0.486 e. The number of nitrogens with zero attached hydrogens (tertiary/aromatic N) is 2. The van der Waals surface area contributed by atoms with Crippen LogP contribution >= 0.6 is 0 Å². The van der Waals surface area contributed by atoms with Crippen LogP contribution < -0.4 is 14.8 Å². The predicted octanol–water partition coefficient (Wildman–Crippen LogP) is 4.46. The third-order valence-corrected chi connectivity index (χ3v) is 5.36. The molecular formula is C26H25N3O3. The van der Waals surface area contributed by atoms with Crippen molar-refractivity contribution in [3.05, 3.63) is 77.9 Å². The highest BCUT2D eigenvalue weighted by Gasteiger charge is 2.14. The summed E-state index contributed by atoms with van der Waals surface area (Å²) in [5.74, 6) is 1.27. The lowest BCUT2D eigenvalue weighted by Crippen LogP contribution is -2.32. The SMILES string of the molecule is CCN(CC(=O)Nc1ccc2c(c1)OCCO2)Cc1ccc(-c2ccccc2C#N)cc1. The molecule has 1 heterocycles. The van der Waals surface area contributed by atoms with Crippen LogP contribution in [-0.2, 0) is 11.3 Å². The molecule has 0 bridgehead atoms. The molecule has 3 aromatic rings. The summed E-state index contributed by atoms with van der Waals surface area (Å²) in [6.07, 6.45) is 0. The minimum absolute atomic E-state index is 0.0805. The smallest absolute Gasteiger partial charge is 0.238 e. The van der Waals surface area contributed by atoms with Gasteiger partial charge in [0.05, 0.1) is 18.2 Å². The summed E-state index contributed by atoms with van der Waals surface area (Å²) in [6, 6.07) is 23.4. The number of ether oxygens (including phenoxy) is 2. The molecule has 6 nitrogen and oxygen atoms in total. The van der Waals surface area contributed by atoms with Crippen LogP contribution in [0.25, 0.3) is 11.1 Å². The number of carbonyl (C=O) groups excluding carboxylic acids is 1. The molecule has 0 spiro atoms. The number of benzene rings is 3. The molecule has 0 fully saturated rings. The fourth-order valence-corrected chi connectivity index (χ4v) is 3.68. The number of fused-ring (bicyclic) bond motifs is 1. The number of hydrogen-bond donors (Lipinski definition) is 1. The molecule has 32 heavy (non-hydrogen) atoms. The Morgan fingerprint density at radius 3 is 2.53 bits per heavy atom. The van der Waals surface area contributed by atoms with Crippen LogP contribution in [0.3, 0.4) is 0 Å². The van der Waals surface area contributed by atoms with Crippen LogP contribution in [-0.4, -0.2) is 37.1 Å². The van der Waals surface area contributed by atoms with Crippen molar-refractivity contribution in [2.24, 2.45) is 0 Å². The highest BCUT2D eigenvalue weighted by atomic mass is 16.6. The molecule has 0 saturated heterocycles. The zero-order chi connectivity index (χ0) is 22.3. The Morgan fingerprint density at radius 2 is 1.78 bits per heavy atom. The first-order valence-corrected chi connectivity index (χ1v) is 10.7. The number of nitrogens with one attached hydrogen (secondary N) is 1. The third-order valence-electron chi connectivity index (χ3n) is 5.36. The summed E-state index contributed by atoms with van der Waals surface area (Å²) in [5.41, 5.74) is 4.39. The topological polar surface area (TPSA) is 74.6 Å². The second kappa shape index (κ2) is 9.99. The zero-order valence-corrected chi connectivity index (χ0v) is 18.0. The maximum Gasteiger partial charge on any atom is 0.238 e. The van der Waals surface area contributed by atoms with Gasteiger partial charge in [-0.05, 0) is 41.4 Å². The number of nitriles is 1. The van der Waals surface area contributed by atoms with Crippen LogP contribution in [0.2, 0.25) is 0 Å². The summed E-state index contributed by atoms with van der Waals surface area (Å²) in [5, 5.41) is 12.3. The molecule has 1 N–H and O–H groups in total. The summed E-state index contributed by atoms with van der Waals surface area (Å²) in [4.78, 5) is 14.7. The van der Waals surface area contributed by atoms with Crippen LogP contribution in [0.15, 0.2) is 66.7 Å². The molecule has 0 unspecified atom stereocenters. The second-order valence-corrected chi connectivity index (χ2v) is 7.56. The first-order chi connectivity index (χ1) is 15.7. The molecule has 6 heteroatoms. The van der Waals surface area contributed by atoms with Crippen molar-refractivity contribution < 1.29 is 14.3 Å².